The molecule has 2 rings (SSSR count). The maximum atomic E-state index is 12.2. The normalized spacial score (nSPS) is 16.4. The first kappa shape index (κ1) is 14.1. The van der Waals surface area contributed by atoms with Crippen molar-refractivity contribution in [2.24, 2.45) is 11.7 Å². The molecule has 0 aromatic carbocycles. The van der Waals surface area contributed by atoms with Gasteiger partial charge in [0.2, 0.25) is 0 Å². The summed E-state index contributed by atoms with van der Waals surface area (Å²) in [6.45, 7) is 5.42. The average Bonchev–Trinajstić information content (AvgIpc) is 3.09. The lowest BCUT2D eigenvalue weighted by molar-refractivity contribution is 0.0936. The molecule has 0 aliphatic heterocycles. The van der Waals surface area contributed by atoms with Crippen molar-refractivity contribution in [3.8, 4) is 0 Å². The monoisotopic (exact) mass is 264 g/mol. The van der Waals surface area contributed by atoms with E-state index in [-0.39, 0.29) is 11.9 Å². The third-order valence-electron chi connectivity index (χ3n) is 3.68. The number of hydrogen-bond donors (Lipinski definition) is 2. The molecule has 5 heteroatoms. The van der Waals surface area contributed by atoms with E-state index in [0.717, 1.165) is 31.0 Å². The fourth-order valence-corrected chi connectivity index (χ4v) is 2.35. The first-order valence-corrected chi connectivity index (χ1v) is 7.15. The van der Waals surface area contributed by atoms with Crippen molar-refractivity contribution in [3.05, 3.63) is 17.5 Å². The van der Waals surface area contributed by atoms with Crippen LogP contribution in [0.1, 0.15) is 48.7 Å². The van der Waals surface area contributed by atoms with Crippen LogP contribution in [-0.2, 0) is 6.54 Å². The molecule has 19 heavy (non-hydrogen) atoms. The summed E-state index contributed by atoms with van der Waals surface area (Å²) >= 11 is 0. The summed E-state index contributed by atoms with van der Waals surface area (Å²) in [7, 11) is 0. The number of nitrogens with two attached hydrogens (primary N) is 1. The highest BCUT2D eigenvalue weighted by atomic mass is 16.1. The Hall–Kier alpha value is -1.36. The van der Waals surface area contributed by atoms with Gasteiger partial charge in [0.1, 0.15) is 0 Å². The molecule has 1 saturated carbocycles. The second-order valence-electron chi connectivity index (χ2n) is 5.56. The standard InChI is InChI=1S/C14H24N4O/c1-10(8-12-4-5-12)17-14(19)13-9-16-18(11(13)2)7-3-6-15/h9-10,12H,3-8,15H2,1-2H3,(H,17,19). The number of rotatable bonds is 7. The number of carbonyl (C=O) groups is 1. The number of aryl methyl sites for hydroxylation is 1. The summed E-state index contributed by atoms with van der Waals surface area (Å²) in [5, 5.41) is 7.32. The minimum atomic E-state index is -0.00958. The number of hydrogen-bond acceptors (Lipinski definition) is 3. The second kappa shape index (κ2) is 6.19. The van der Waals surface area contributed by atoms with Crippen molar-refractivity contribution in [1.82, 2.24) is 15.1 Å². The number of nitrogens with zero attached hydrogens (tertiary/aromatic N) is 2. The first-order chi connectivity index (χ1) is 9.11. The lowest BCUT2D eigenvalue weighted by Gasteiger charge is -2.13. The van der Waals surface area contributed by atoms with E-state index < -0.39 is 0 Å². The Morgan fingerprint density at radius 1 is 1.63 bits per heavy atom. The Balaban J connectivity index is 1.92. The molecule has 0 spiro atoms. The van der Waals surface area contributed by atoms with Gasteiger partial charge in [-0.1, -0.05) is 12.8 Å². The minimum absolute atomic E-state index is 0.00958. The molecule has 1 aliphatic carbocycles. The molecule has 1 aromatic rings. The molecule has 1 atom stereocenters. The topological polar surface area (TPSA) is 72.9 Å². The summed E-state index contributed by atoms with van der Waals surface area (Å²) in [6, 6.07) is 0.242. The fourth-order valence-electron chi connectivity index (χ4n) is 2.35. The van der Waals surface area contributed by atoms with Crippen LogP contribution < -0.4 is 11.1 Å². The SMILES string of the molecule is Cc1c(C(=O)NC(C)CC2CC2)cnn1CCCN. The smallest absolute Gasteiger partial charge is 0.254 e. The molecule has 1 aliphatic rings. The molecule has 0 bridgehead atoms. The van der Waals surface area contributed by atoms with E-state index in [9.17, 15) is 4.79 Å². The lowest BCUT2D eigenvalue weighted by Crippen LogP contribution is -2.33. The van der Waals surface area contributed by atoms with Crippen molar-refractivity contribution < 1.29 is 4.79 Å². The third-order valence-corrected chi connectivity index (χ3v) is 3.68. The zero-order valence-corrected chi connectivity index (χ0v) is 11.9. The Labute approximate surface area is 114 Å². The van der Waals surface area contributed by atoms with Crippen molar-refractivity contribution in [2.45, 2.75) is 52.1 Å². The highest BCUT2D eigenvalue weighted by Gasteiger charge is 2.25. The van der Waals surface area contributed by atoms with Crippen molar-refractivity contribution in [2.75, 3.05) is 6.54 Å². The molecule has 1 amide bonds. The van der Waals surface area contributed by atoms with Crippen LogP contribution >= 0.6 is 0 Å². The van der Waals surface area contributed by atoms with Gasteiger partial charge in [0, 0.05) is 18.3 Å². The molecule has 0 radical (unpaired) electrons. The predicted molar refractivity (Wildman–Crippen MR) is 74.9 cm³/mol. The van der Waals surface area contributed by atoms with Crippen LogP contribution in [0.15, 0.2) is 6.20 Å². The van der Waals surface area contributed by atoms with Gasteiger partial charge in [0.05, 0.1) is 11.8 Å². The molecule has 3 N–H and O–H groups in total. The van der Waals surface area contributed by atoms with Crippen LogP contribution in [0.2, 0.25) is 0 Å². The van der Waals surface area contributed by atoms with Crippen molar-refractivity contribution in [3.63, 3.8) is 0 Å². The largest absolute Gasteiger partial charge is 0.349 e. The highest BCUT2D eigenvalue weighted by molar-refractivity contribution is 5.95. The van der Waals surface area contributed by atoms with Gasteiger partial charge < -0.3 is 11.1 Å². The summed E-state index contributed by atoms with van der Waals surface area (Å²) in [4.78, 5) is 12.2. The van der Waals surface area contributed by atoms with Gasteiger partial charge in [0.25, 0.3) is 5.91 Å². The minimum Gasteiger partial charge on any atom is -0.349 e. The second-order valence-corrected chi connectivity index (χ2v) is 5.56. The van der Waals surface area contributed by atoms with Gasteiger partial charge in [-0.05, 0) is 39.2 Å². The van der Waals surface area contributed by atoms with Gasteiger partial charge in [0.15, 0.2) is 0 Å². The molecular weight excluding hydrogens is 240 g/mol. The van der Waals surface area contributed by atoms with Crippen molar-refractivity contribution >= 4 is 5.91 Å². The number of amides is 1. The number of aromatic nitrogens is 2. The van der Waals surface area contributed by atoms with Crippen LogP contribution in [0.5, 0.6) is 0 Å². The van der Waals surface area contributed by atoms with E-state index in [1.165, 1.54) is 12.8 Å². The maximum Gasteiger partial charge on any atom is 0.254 e. The van der Waals surface area contributed by atoms with Gasteiger partial charge in [-0.2, -0.15) is 5.10 Å². The van der Waals surface area contributed by atoms with Crippen LogP contribution in [0.25, 0.3) is 0 Å². The Kier molecular flexibility index (Phi) is 4.58. The number of carbonyl (C=O) groups excluding carboxylic acids is 1. The summed E-state index contributed by atoms with van der Waals surface area (Å²) < 4.78 is 1.85. The van der Waals surface area contributed by atoms with Crippen LogP contribution in [0.3, 0.4) is 0 Å². The maximum absolute atomic E-state index is 12.2. The third kappa shape index (κ3) is 3.80. The molecule has 1 heterocycles. The van der Waals surface area contributed by atoms with Gasteiger partial charge in [-0.15, -0.1) is 0 Å². The van der Waals surface area contributed by atoms with E-state index in [1.54, 1.807) is 6.20 Å². The Morgan fingerprint density at radius 2 is 2.37 bits per heavy atom. The Bertz CT molecular complexity index is 437. The van der Waals surface area contributed by atoms with Crippen molar-refractivity contribution in [1.29, 1.82) is 0 Å². The summed E-state index contributed by atoms with van der Waals surface area (Å²) in [5.74, 6) is 0.813. The van der Waals surface area contributed by atoms with Gasteiger partial charge >= 0.3 is 0 Å². The van der Waals surface area contributed by atoms with Crippen LogP contribution in [0.4, 0.5) is 0 Å². The average molecular weight is 264 g/mol. The molecule has 1 fully saturated rings. The summed E-state index contributed by atoms with van der Waals surface area (Å²) in [6.07, 6.45) is 6.26. The Morgan fingerprint density at radius 3 is 3.00 bits per heavy atom. The van der Waals surface area contributed by atoms with Gasteiger partial charge in [-0.25, -0.2) is 0 Å². The zero-order valence-electron chi connectivity index (χ0n) is 11.9. The van der Waals surface area contributed by atoms with E-state index in [0.29, 0.717) is 12.1 Å². The van der Waals surface area contributed by atoms with E-state index >= 15 is 0 Å². The molecule has 1 aromatic heterocycles. The zero-order chi connectivity index (χ0) is 13.8. The molecule has 0 saturated heterocycles. The fraction of sp³-hybridized carbons (Fsp3) is 0.714. The van der Waals surface area contributed by atoms with E-state index in [4.69, 9.17) is 5.73 Å². The highest BCUT2D eigenvalue weighted by Crippen LogP contribution is 2.33. The van der Waals surface area contributed by atoms with Gasteiger partial charge in [-0.3, -0.25) is 9.48 Å². The number of nitrogens with one attached hydrogen (secondary N) is 1. The quantitative estimate of drug-likeness (QED) is 0.783. The molecule has 1 unspecified atom stereocenters. The first-order valence-electron chi connectivity index (χ1n) is 7.15. The van der Waals surface area contributed by atoms with Crippen LogP contribution in [-0.4, -0.2) is 28.3 Å². The molecular formula is C14H24N4O. The van der Waals surface area contributed by atoms with Crippen LogP contribution in [0, 0.1) is 12.8 Å². The molecule has 5 nitrogen and oxygen atoms in total. The predicted octanol–water partition coefficient (Wildman–Crippen LogP) is 1.46. The lowest BCUT2D eigenvalue weighted by atomic mass is 10.1. The molecule has 106 valence electrons. The van der Waals surface area contributed by atoms with E-state index in [1.807, 2.05) is 11.6 Å². The summed E-state index contributed by atoms with van der Waals surface area (Å²) in [5.41, 5.74) is 7.09. The van der Waals surface area contributed by atoms with E-state index in [2.05, 4.69) is 17.3 Å².